The van der Waals surface area contributed by atoms with Crippen molar-refractivity contribution >= 4 is 5.78 Å². The van der Waals surface area contributed by atoms with Gasteiger partial charge in [-0.1, -0.05) is 13.8 Å². The van der Waals surface area contributed by atoms with E-state index in [9.17, 15) is 4.79 Å². The van der Waals surface area contributed by atoms with Crippen LogP contribution < -0.4 is 0 Å². The quantitative estimate of drug-likeness (QED) is 0.627. The fourth-order valence-corrected chi connectivity index (χ4v) is 1.46. The summed E-state index contributed by atoms with van der Waals surface area (Å²) in [5.74, 6) is 1.52. The predicted octanol–water partition coefficient (Wildman–Crippen LogP) is 1.94. The Kier molecular flexibility index (Phi) is 3.91. The van der Waals surface area contributed by atoms with E-state index in [0.717, 1.165) is 18.9 Å². The summed E-state index contributed by atoms with van der Waals surface area (Å²) in [6.45, 7) is 5.85. The van der Waals surface area contributed by atoms with Crippen LogP contribution in [0.15, 0.2) is 0 Å². The average Bonchev–Trinajstić information content (AvgIpc) is 2.86. The third-order valence-electron chi connectivity index (χ3n) is 2.85. The van der Waals surface area contributed by atoms with Crippen LogP contribution in [0.25, 0.3) is 0 Å². The van der Waals surface area contributed by atoms with Crippen molar-refractivity contribution in [2.24, 2.45) is 11.8 Å². The summed E-state index contributed by atoms with van der Waals surface area (Å²) in [6, 6.07) is 0. The lowest BCUT2D eigenvalue weighted by Crippen LogP contribution is -2.30. The third kappa shape index (κ3) is 3.90. The van der Waals surface area contributed by atoms with E-state index < -0.39 is 0 Å². The molecule has 0 aliphatic heterocycles. The summed E-state index contributed by atoms with van der Waals surface area (Å²) >= 11 is 0. The first kappa shape index (κ1) is 10.7. The lowest BCUT2D eigenvalue weighted by atomic mass is 10.0. The van der Waals surface area contributed by atoms with Gasteiger partial charge < -0.3 is 0 Å². The smallest absolute Gasteiger partial charge is 0.149 e. The van der Waals surface area contributed by atoms with Gasteiger partial charge in [-0.15, -0.1) is 0 Å². The molecule has 1 fully saturated rings. The Bertz CT molecular complexity index is 175. The minimum atomic E-state index is 0.238. The summed E-state index contributed by atoms with van der Waals surface area (Å²) in [7, 11) is 2.05. The molecule has 2 heteroatoms. The molecule has 76 valence electrons. The first-order valence-electron chi connectivity index (χ1n) is 5.34. The molecule has 0 aromatic rings. The Labute approximate surface area is 81.3 Å². The van der Waals surface area contributed by atoms with Crippen molar-refractivity contribution in [3.8, 4) is 0 Å². The van der Waals surface area contributed by atoms with Crippen molar-refractivity contribution in [1.82, 2.24) is 4.90 Å². The molecular formula is C11H21NO. The molecule has 0 bridgehead atoms. The Hall–Kier alpha value is -0.370. The lowest BCUT2D eigenvalue weighted by Gasteiger charge is -2.17. The predicted molar refractivity (Wildman–Crippen MR) is 54.7 cm³/mol. The van der Waals surface area contributed by atoms with Gasteiger partial charge >= 0.3 is 0 Å². The highest BCUT2D eigenvalue weighted by Crippen LogP contribution is 2.29. The molecule has 0 radical (unpaired) electrons. The van der Waals surface area contributed by atoms with Gasteiger partial charge in [0.05, 0.1) is 6.54 Å². The van der Waals surface area contributed by atoms with Gasteiger partial charge in [0.25, 0.3) is 0 Å². The maximum Gasteiger partial charge on any atom is 0.149 e. The van der Waals surface area contributed by atoms with Gasteiger partial charge in [-0.05, 0) is 32.2 Å². The third-order valence-corrected chi connectivity index (χ3v) is 2.85. The maximum atomic E-state index is 11.5. The number of Topliss-reactive ketones (excluding diaryl/α,β-unsaturated/α-hetero) is 1. The molecule has 0 saturated heterocycles. The van der Waals surface area contributed by atoms with Crippen LogP contribution in [0.2, 0.25) is 0 Å². The van der Waals surface area contributed by atoms with Gasteiger partial charge in [-0.25, -0.2) is 0 Å². The maximum absolute atomic E-state index is 11.5. The van der Waals surface area contributed by atoms with Crippen LogP contribution in [0, 0.1) is 11.8 Å². The fraction of sp³-hybridized carbons (Fsp3) is 0.909. The first-order chi connectivity index (χ1) is 6.13. The van der Waals surface area contributed by atoms with E-state index in [2.05, 4.69) is 18.9 Å². The second kappa shape index (κ2) is 4.75. The van der Waals surface area contributed by atoms with Crippen molar-refractivity contribution in [3.63, 3.8) is 0 Å². The molecule has 0 heterocycles. The number of hydrogen-bond acceptors (Lipinski definition) is 2. The molecular weight excluding hydrogens is 162 g/mol. The van der Waals surface area contributed by atoms with Crippen molar-refractivity contribution in [2.75, 3.05) is 20.1 Å². The van der Waals surface area contributed by atoms with E-state index in [1.807, 2.05) is 6.92 Å². The molecule has 2 nitrogen and oxygen atoms in total. The van der Waals surface area contributed by atoms with E-state index in [4.69, 9.17) is 0 Å². The normalized spacial score (nSPS) is 19.1. The Morgan fingerprint density at radius 3 is 2.62 bits per heavy atom. The lowest BCUT2D eigenvalue weighted by molar-refractivity contribution is -0.123. The first-order valence-corrected chi connectivity index (χ1v) is 5.34. The molecule has 1 saturated carbocycles. The molecule has 1 unspecified atom stereocenters. The Morgan fingerprint density at radius 1 is 1.54 bits per heavy atom. The number of nitrogens with zero attached hydrogens (tertiary/aromatic N) is 1. The Balaban J connectivity index is 2.17. The van der Waals surface area contributed by atoms with Crippen molar-refractivity contribution in [2.45, 2.75) is 33.1 Å². The molecule has 1 aliphatic rings. The average molecular weight is 183 g/mol. The zero-order valence-corrected chi connectivity index (χ0v) is 9.05. The van der Waals surface area contributed by atoms with Crippen molar-refractivity contribution < 1.29 is 4.79 Å². The second-order valence-corrected chi connectivity index (χ2v) is 4.42. The van der Waals surface area contributed by atoms with Gasteiger partial charge in [0.2, 0.25) is 0 Å². The number of hydrogen-bond donors (Lipinski definition) is 0. The van der Waals surface area contributed by atoms with Gasteiger partial charge in [0.1, 0.15) is 5.78 Å². The zero-order valence-electron chi connectivity index (χ0n) is 9.05. The molecule has 13 heavy (non-hydrogen) atoms. The summed E-state index contributed by atoms with van der Waals surface area (Å²) in [6.07, 6.45) is 3.69. The highest BCUT2D eigenvalue weighted by Gasteiger charge is 2.24. The SMILES string of the molecule is CCC(C)C(=O)CN(C)CC1CC1. The van der Waals surface area contributed by atoms with E-state index >= 15 is 0 Å². The minimum absolute atomic E-state index is 0.238. The molecule has 0 aromatic carbocycles. The Morgan fingerprint density at radius 2 is 2.15 bits per heavy atom. The summed E-state index contributed by atoms with van der Waals surface area (Å²) in [5, 5.41) is 0. The van der Waals surface area contributed by atoms with Crippen molar-refractivity contribution in [3.05, 3.63) is 0 Å². The summed E-state index contributed by atoms with van der Waals surface area (Å²) in [4.78, 5) is 13.7. The summed E-state index contributed by atoms with van der Waals surface area (Å²) in [5.41, 5.74) is 0. The highest BCUT2D eigenvalue weighted by atomic mass is 16.1. The number of likely N-dealkylation sites (N-methyl/N-ethyl adjacent to an activating group) is 1. The van der Waals surface area contributed by atoms with Gasteiger partial charge in [0, 0.05) is 12.5 Å². The largest absolute Gasteiger partial charge is 0.299 e. The van der Waals surface area contributed by atoms with Crippen LogP contribution in [0.3, 0.4) is 0 Å². The van der Waals surface area contributed by atoms with E-state index in [-0.39, 0.29) is 5.92 Å². The minimum Gasteiger partial charge on any atom is -0.299 e. The molecule has 1 atom stereocenters. The molecule has 1 aliphatic carbocycles. The number of rotatable bonds is 6. The second-order valence-electron chi connectivity index (χ2n) is 4.42. The van der Waals surface area contributed by atoms with Crippen LogP contribution in [-0.2, 0) is 4.79 Å². The number of carbonyl (C=O) groups excluding carboxylic acids is 1. The number of ketones is 1. The standard InChI is InChI=1S/C11H21NO/c1-4-9(2)11(13)8-12(3)7-10-5-6-10/h9-10H,4-8H2,1-3H3. The molecule has 1 rings (SSSR count). The van der Waals surface area contributed by atoms with Crippen LogP contribution in [0.5, 0.6) is 0 Å². The fourth-order valence-electron chi connectivity index (χ4n) is 1.46. The molecule has 0 amide bonds. The van der Waals surface area contributed by atoms with Crippen LogP contribution in [0.1, 0.15) is 33.1 Å². The van der Waals surface area contributed by atoms with Crippen LogP contribution >= 0.6 is 0 Å². The molecule has 0 N–H and O–H groups in total. The van der Waals surface area contributed by atoms with Crippen LogP contribution in [0.4, 0.5) is 0 Å². The molecule has 0 aromatic heterocycles. The van der Waals surface area contributed by atoms with E-state index in [0.29, 0.717) is 12.3 Å². The van der Waals surface area contributed by atoms with Gasteiger partial charge in [-0.3, -0.25) is 9.69 Å². The molecule has 0 spiro atoms. The van der Waals surface area contributed by atoms with Gasteiger partial charge in [0.15, 0.2) is 0 Å². The zero-order chi connectivity index (χ0) is 9.84. The van der Waals surface area contributed by atoms with Crippen LogP contribution in [-0.4, -0.2) is 30.8 Å². The highest BCUT2D eigenvalue weighted by molar-refractivity contribution is 5.82. The number of carbonyl (C=O) groups is 1. The summed E-state index contributed by atoms with van der Waals surface area (Å²) < 4.78 is 0. The monoisotopic (exact) mass is 183 g/mol. The van der Waals surface area contributed by atoms with E-state index in [1.54, 1.807) is 0 Å². The van der Waals surface area contributed by atoms with E-state index in [1.165, 1.54) is 12.8 Å². The topological polar surface area (TPSA) is 20.3 Å². The van der Waals surface area contributed by atoms with Gasteiger partial charge in [-0.2, -0.15) is 0 Å². The van der Waals surface area contributed by atoms with Crippen molar-refractivity contribution in [1.29, 1.82) is 0 Å².